The molecule has 5 rings (SSSR count). The fraction of sp³-hybridized carbons (Fsp3) is 0.409. The molecule has 1 amide bonds. The number of ketones is 1. The van der Waals surface area contributed by atoms with Gasteiger partial charge in [0.05, 0.1) is 18.5 Å². The lowest BCUT2D eigenvalue weighted by Crippen LogP contribution is -2.38. The molecule has 1 unspecified atom stereocenters. The van der Waals surface area contributed by atoms with Crippen LogP contribution in [0.2, 0.25) is 0 Å². The maximum Gasteiger partial charge on any atom is 0.362 e. The normalized spacial score (nSPS) is 27.1. The first-order valence-corrected chi connectivity index (χ1v) is 12.9. The predicted octanol–water partition coefficient (Wildman–Crippen LogP) is -1.34. The van der Waals surface area contributed by atoms with Crippen molar-refractivity contribution < 1.29 is 42.2 Å². The predicted molar refractivity (Wildman–Crippen MR) is 127 cm³/mol. The lowest BCUT2D eigenvalue weighted by Gasteiger charge is -2.22. The summed E-state index contributed by atoms with van der Waals surface area (Å²) in [6.45, 7) is -0.729. The summed E-state index contributed by atoms with van der Waals surface area (Å²) < 4.78 is 38.1. The lowest BCUT2D eigenvalue weighted by molar-refractivity contribution is -0.121. The van der Waals surface area contributed by atoms with Gasteiger partial charge in [0.15, 0.2) is 23.5 Å². The minimum atomic E-state index is -4.63. The molecule has 15 nitrogen and oxygen atoms in total. The van der Waals surface area contributed by atoms with Crippen molar-refractivity contribution in [1.29, 1.82) is 0 Å². The minimum absolute atomic E-state index is 0.0966. The molecule has 0 radical (unpaired) electrons. The summed E-state index contributed by atoms with van der Waals surface area (Å²) in [5, 5.41) is 31.7. The van der Waals surface area contributed by atoms with Crippen LogP contribution < -0.4 is 10.5 Å². The molecule has 5 atom stereocenters. The Morgan fingerprint density at radius 1 is 1.24 bits per heavy atom. The summed E-state index contributed by atoms with van der Waals surface area (Å²) in [7, 11) is -4.63. The zero-order chi connectivity index (χ0) is 27.2. The molecular formula is C22H24N6O9S. The quantitative estimate of drug-likeness (QED) is 0.220. The van der Waals surface area contributed by atoms with Crippen LogP contribution in [0.3, 0.4) is 0 Å². The van der Waals surface area contributed by atoms with Crippen molar-refractivity contribution in [2.75, 3.05) is 12.3 Å². The molecule has 1 aromatic carbocycles. The standard InChI is InChI=1S/C22H24N6O9S/c23-19-16-20(25-9-24-19)28(10-26-16)21-18(32)17(31)14(37-21)8-36-38(34,35)27-15(30)5-6-22(33)7-13(29)11-3-1-2-4-12(11)22/h1-4,9-10,14,17-18,21,31-33H,5-8H2,(H,27,30)(H2,23,24,25)/t14-,17-,18-,21-,22?/m1/s1. The number of nitrogens with two attached hydrogens (primary N) is 1. The van der Waals surface area contributed by atoms with Gasteiger partial charge in [0, 0.05) is 18.4 Å². The number of benzene rings is 1. The number of hydrogen-bond acceptors (Lipinski definition) is 13. The second-order valence-electron chi connectivity index (χ2n) is 9.07. The van der Waals surface area contributed by atoms with Crippen LogP contribution >= 0.6 is 0 Å². The molecule has 1 fully saturated rings. The third kappa shape index (κ3) is 4.72. The second-order valence-corrected chi connectivity index (χ2v) is 10.4. The number of hydrogen-bond donors (Lipinski definition) is 5. The number of nitrogens with zero attached hydrogens (tertiary/aromatic N) is 4. The first-order valence-electron chi connectivity index (χ1n) is 11.5. The van der Waals surface area contributed by atoms with E-state index < -0.39 is 59.4 Å². The van der Waals surface area contributed by atoms with Gasteiger partial charge in [-0.15, -0.1) is 0 Å². The number of Topliss-reactive ketones (excluding diaryl/α,β-unsaturated/α-hetero) is 1. The van der Waals surface area contributed by atoms with Crippen molar-refractivity contribution in [3.63, 3.8) is 0 Å². The summed E-state index contributed by atoms with van der Waals surface area (Å²) in [6, 6.07) is 6.47. The highest BCUT2D eigenvalue weighted by Crippen LogP contribution is 2.40. The minimum Gasteiger partial charge on any atom is -0.387 e. The molecule has 2 aromatic heterocycles. The van der Waals surface area contributed by atoms with Crippen molar-refractivity contribution in [2.45, 2.75) is 49.4 Å². The van der Waals surface area contributed by atoms with Gasteiger partial charge in [-0.2, -0.15) is 8.42 Å². The zero-order valence-corrected chi connectivity index (χ0v) is 20.5. The molecule has 6 N–H and O–H groups in total. The molecule has 3 heterocycles. The summed E-state index contributed by atoms with van der Waals surface area (Å²) in [5.41, 5.74) is 5.39. The van der Waals surface area contributed by atoms with Gasteiger partial charge in [0.2, 0.25) is 5.91 Å². The highest BCUT2D eigenvalue weighted by molar-refractivity contribution is 7.85. The third-order valence-corrected chi connectivity index (χ3v) is 7.50. The first-order chi connectivity index (χ1) is 18.0. The topological polar surface area (TPSA) is 229 Å². The number of nitrogens with one attached hydrogen (secondary N) is 1. The smallest absolute Gasteiger partial charge is 0.362 e. The van der Waals surface area contributed by atoms with Gasteiger partial charge in [0.25, 0.3) is 0 Å². The van der Waals surface area contributed by atoms with Crippen molar-refractivity contribution in [2.24, 2.45) is 0 Å². The van der Waals surface area contributed by atoms with Crippen LogP contribution in [0.5, 0.6) is 0 Å². The Morgan fingerprint density at radius 2 is 2.00 bits per heavy atom. The van der Waals surface area contributed by atoms with Crippen molar-refractivity contribution in [3.8, 4) is 0 Å². The van der Waals surface area contributed by atoms with Crippen LogP contribution in [-0.2, 0) is 29.6 Å². The molecule has 202 valence electrons. The average Bonchev–Trinajstić information content (AvgIpc) is 3.51. The molecule has 1 saturated heterocycles. The maximum absolute atomic E-state index is 12.3. The van der Waals surface area contributed by atoms with Gasteiger partial charge in [0.1, 0.15) is 30.2 Å². The third-order valence-electron chi connectivity index (χ3n) is 6.57. The van der Waals surface area contributed by atoms with Gasteiger partial charge >= 0.3 is 10.3 Å². The number of ether oxygens (including phenoxy) is 1. The SMILES string of the molecule is Nc1ncnc2c1ncn2[C@@H]1O[C@H](COS(=O)(=O)NC(=O)CCC2(O)CC(=O)c3ccccc32)[C@@H](O)[C@H]1O. The molecule has 1 aliphatic heterocycles. The van der Waals surface area contributed by atoms with Gasteiger partial charge in [-0.25, -0.2) is 19.7 Å². The Hall–Kier alpha value is -3.54. The zero-order valence-electron chi connectivity index (χ0n) is 19.7. The number of carbonyl (C=O) groups is 2. The molecule has 1 aliphatic carbocycles. The number of aliphatic hydroxyl groups excluding tert-OH is 2. The fourth-order valence-corrected chi connectivity index (χ4v) is 5.41. The van der Waals surface area contributed by atoms with E-state index >= 15 is 0 Å². The van der Waals surface area contributed by atoms with E-state index in [9.17, 15) is 33.3 Å². The number of fused-ring (bicyclic) bond motifs is 2. The Balaban J connectivity index is 1.17. The number of aromatic nitrogens is 4. The summed E-state index contributed by atoms with van der Waals surface area (Å²) in [4.78, 5) is 36.4. The largest absolute Gasteiger partial charge is 0.387 e. The monoisotopic (exact) mass is 548 g/mol. The summed E-state index contributed by atoms with van der Waals surface area (Å²) in [6.07, 6.45) is -3.87. The number of amides is 1. The number of carbonyl (C=O) groups excluding carboxylic acids is 2. The Bertz CT molecular complexity index is 1510. The summed E-state index contributed by atoms with van der Waals surface area (Å²) >= 11 is 0. The molecular weight excluding hydrogens is 524 g/mol. The molecule has 2 aliphatic rings. The van der Waals surface area contributed by atoms with Crippen LogP contribution in [0.15, 0.2) is 36.9 Å². The molecule has 3 aromatic rings. The van der Waals surface area contributed by atoms with Crippen LogP contribution in [0, 0.1) is 0 Å². The van der Waals surface area contributed by atoms with Crippen LogP contribution in [0.4, 0.5) is 5.82 Å². The van der Waals surface area contributed by atoms with E-state index in [4.69, 9.17) is 14.7 Å². The van der Waals surface area contributed by atoms with Crippen LogP contribution in [0.25, 0.3) is 11.2 Å². The van der Waals surface area contributed by atoms with Crippen molar-refractivity contribution >= 4 is 39.0 Å². The average molecular weight is 549 g/mol. The Labute approximate surface area is 215 Å². The summed E-state index contributed by atoms with van der Waals surface area (Å²) in [5.74, 6) is -1.14. The Morgan fingerprint density at radius 3 is 2.79 bits per heavy atom. The van der Waals surface area contributed by atoms with Crippen molar-refractivity contribution in [3.05, 3.63) is 48.0 Å². The van der Waals surface area contributed by atoms with Crippen molar-refractivity contribution in [1.82, 2.24) is 24.2 Å². The van der Waals surface area contributed by atoms with E-state index in [1.807, 2.05) is 0 Å². The Kier molecular flexibility index (Phi) is 6.62. The highest BCUT2D eigenvalue weighted by atomic mass is 32.2. The number of nitrogen functional groups attached to an aromatic ring is 1. The fourth-order valence-electron chi connectivity index (χ4n) is 4.66. The molecule has 38 heavy (non-hydrogen) atoms. The molecule has 0 bridgehead atoms. The van der Waals surface area contributed by atoms with Gasteiger partial charge in [-0.05, 0) is 12.0 Å². The van der Waals surface area contributed by atoms with Gasteiger partial charge in [-0.1, -0.05) is 24.3 Å². The molecule has 0 saturated carbocycles. The van der Waals surface area contributed by atoms with E-state index in [1.54, 1.807) is 29.0 Å². The first kappa shape index (κ1) is 26.1. The van der Waals surface area contributed by atoms with E-state index in [2.05, 4.69) is 15.0 Å². The molecule has 16 heteroatoms. The molecule has 0 spiro atoms. The van der Waals surface area contributed by atoms with E-state index in [0.717, 1.165) is 0 Å². The van der Waals surface area contributed by atoms with E-state index in [1.165, 1.54) is 17.2 Å². The van der Waals surface area contributed by atoms with E-state index in [-0.39, 0.29) is 35.6 Å². The van der Waals surface area contributed by atoms with E-state index in [0.29, 0.717) is 11.1 Å². The van der Waals surface area contributed by atoms with Crippen LogP contribution in [-0.4, -0.2) is 79.9 Å². The second kappa shape index (κ2) is 9.64. The van der Waals surface area contributed by atoms with Gasteiger partial charge < -0.3 is 25.8 Å². The van der Waals surface area contributed by atoms with Gasteiger partial charge in [-0.3, -0.25) is 18.3 Å². The highest BCUT2D eigenvalue weighted by Gasteiger charge is 2.45. The number of imidazole rings is 1. The number of anilines is 1. The maximum atomic E-state index is 12.3. The number of aliphatic hydroxyl groups is 3. The lowest BCUT2D eigenvalue weighted by atomic mass is 9.91. The van der Waals surface area contributed by atoms with Crippen LogP contribution in [0.1, 0.15) is 41.4 Å². The number of rotatable bonds is 8.